The number of rotatable bonds is 6. The van der Waals surface area contributed by atoms with Gasteiger partial charge in [-0.2, -0.15) is 0 Å². The van der Waals surface area contributed by atoms with Gasteiger partial charge in [-0.25, -0.2) is 4.79 Å². The molecule has 0 amide bonds. The lowest BCUT2D eigenvalue weighted by Gasteiger charge is -2.09. The fourth-order valence-electron chi connectivity index (χ4n) is 2.13. The molecule has 2 rings (SSSR count). The standard InChI is InChI=1S/C15H19ClN2O2/c1-2-3-7-12(16)10-18-14(19)11-17(15(18)20)13-8-5-4-6-9-13/h4-6,8-9,11-12,19H,2-3,7,10H2,1H3. The summed E-state index contributed by atoms with van der Waals surface area (Å²) in [4.78, 5) is 12.3. The van der Waals surface area contributed by atoms with E-state index < -0.39 is 0 Å². The minimum absolute atomic E-state index is 0.0546. The summed E-state index contributed by atoms with van der Waals surface area (Å²) in [5, 5.41) is 9.78. The predicted molar refractivity (Wildman–Crippen MR) is 80.9 cm³/mol. The fourth-order valence-corrected chi connectivity index (χ4v) is 2.42. The van der Waals surface area contributed by atoms with Crippen molar-refractivity contribution in [3.8, 4) is 11.6 Å². The van der Waals surface area contributed by atoms with E-state index >= 15 is 0 Å². The number of imidazole rings is 1. The Morgan fingerprint density at radius 3 is 2.65 bits per heavy atom. The molecule has 1 atom stereocenters. The molecule has 1 N–H and O–H groups in total. The van der Waals surface area contributed by atoms with E-state index in [0.29, 0.717) is 6.54 Å². The topological polar surface area (TPSA) is 47.2 Å². The molecule has 20 heavy (non-hydrogen) atoms. The highest BCUT2D eigenvalue weighted by molar-refractivity contribution is 6.20. The Bertz CT molecular complexity index is 604. The van der Waals surface area contributed by atoms with Crippen LogP contribution in [0.3, 0.4) is 0 Å². The van der Waals surface area contributed by atoms with Gasteiger partial charge in [0.05, 0.1) is 17.3 Å². The van der Waals surface area contributed by atoms with E-state index in [4.69, 9.17) is 11.6 Å². The highest BCUT2D eigenvalue weighted by atomic mass is 35.5. The summed E-state index contributed by atoms with van der Waals surface area (Å²) in [6.45, 7) is 2.42. The average Bonchev–Trinajstić information content (AvgIpc) is 2.74. The van der Waals surface area contributed by atoms with E-state index in [1.165, 1.54) is 15.3 Å². The van der Waals surface area contributed by atoms with Gasteiger partial charge in [-0.15, -0.1) is 11.6 Å². The Kier molecular flexibility index (Phi) is 4.90. The summed E-state index contributed by atoms with van der Waals surface area (Å²) in [5.74, 6) is -0.0546. The van der Waals surface area contributed by atoms with Crippen LogP contribution in [0, 0.1) is 0 Å². The van der Waals surface area contributed by atoms with Gasteiger partial charge < -0.3 is 5.11 Å². The summed E-state index contributed by atoms with van der Waals surface area (Å²) in [6, 6.07) is 9.22. The smallest absolute Gasteiger partial charge is 0.335 e. The van der Waals surface area contributed by atoms with Crippen molar-refractivity contribution in [2.75, 3.05) is 0 Å². The van der Waals surface area contributed by atoms with Crippen molar-refractivity contribution in [3.63, 3.8) is 0 Å². The van der Waals surface area contributed by atoms with Gasteiger partial charge in [0, 0.05) is 6.54 Å². The highest BCUT2D eigenvalue weighted by Gasteiger charge is 2.14. The van der Waals surface area contributed by atoms with E-state index in [1.54, 1.807) is 0 Å². The molecule has 0 radical (unpaired) electrons. The number of benzene rings is 1. The molecule has 0 aliphatic carbocycles. The predicted octanol–water partition coefficient (Wildman–Crippen LogP) is 3.14. The molecule has 0 saturated carbocycles. The Morgan fingerprint density at radius 1 is 1.30 bits per heavy atom. The molecular weight excluding hydrogens is 276 g/mol. The van der Waals surface area contributed by atoms with Crippen LogP contribution in [0.5, 0.6) is 5.88 Å². The van der Waals surface area contributed by atoms with Crippen molar-refractivity contribution in [3.05, 3.63) is 47.0 Å². The van der Waals surface area contributed by atoms with Crippen LogP contribution in [0.15, 0.2) is 41.3 Å². The minimum Gasteiger partial charge on any atom is -0.493 e. The fraction of sp³-hybridized carbons (Fsp3) is 0.400. The van der Waals surface area contributed by atoms with Crippen molar-refractivity contribution in [1.29, 1.82) is 0 Å². The highest BCUT2D eigenvalue weighted by Crippen LogP contribution is 2.15. The zero-order valence-electron chi connectivity index (χ0n) is 11.5. The molecular formula is C15H19ClN2O2. The number of aromatic hydroxyl groups is 1. The number of aromatic nitrogens is 2. The number of hydrogen-bond donors (Lipinski definition) is 1. The van der Waals surface area contributed by atoms with Crippen molar-refractivity contribution >= 4 is 11.6 Å². The lowest BCUT2D eigenvalue weighted by Crippen LogP contribution is -2.26. The third-order valence-electron chi connectivity index (χ3n) is 3.24. The minimum atomic E-state index is -0.268. The second kappa shape index (κ2) is 6.66. The summed E-state index contributed by atoms with van der Waals surface area (Å²) in [7, 11) is 0. The molecule has 108 valence electrons. The zero-order chi connectivity index (χ0) is 14.5. The van der Waals surface area contributed by atoms with E-state index in [2.05, 4.69) is 6.92 Å². The first-order valence-corrected chi connectivity index (χ1v) is 7.27. The summed E-state index contributed by atoms with van der Waals surface area (Å²) < 4.78 is 2.75. The third kappa shape index (κ3) is 3.25. The lowest BCUT2D eigenvalue weighted by atomic mass is 10.2. The van der Waals surface area contributed by atoms with E-state index in [-0.39, 0.29) is 16.9 Å². The van der Waals surface area contributed by atoms with Gasteiger partial charge >= 0.3 is 5.69 Å². The Labute approximate surface area is 123 Å². The average molecular weight is 295 g/mol. The maximum absolute atomic E-state index is 12.3. The Morgan fingerprint density at radius 2 is 2.00 bits per heavy atom. The van der Waals surface area contributed by atoms with Crippen LogP contribution in [0.25, 0.3) is 5.69 Å². The SMILES string of the molecule is CCCCC(Cl)Cn1c(O)cn(-c2ccccc2)c1=O. The van der Waals surface area contributed by atoms with Crippen LogP contribution < -0.4 is 5.69 Å². The van der Waals surface area contributed by atoms with Gasteiger partial charge in [0.1, 0.15) is 0 Å². The van der Waals surface area contributed by atoms with E-state index in [1.807, 2.05) is 30.3 Å². The Hall–Kier alpha value is -1.68. The van der Waals surface area contributed by atoms with Crippen LogP contribution >= 0.6 is 11.6 Å². The first kappa shape index (κ1) is 14.7. The number of hydrogen-bond acceptors (Lipinski definition) is 2. The molecule has 2 aromatic rings. The van der Waals surface area contributed by atoms with E-state index in [0.717, 1.165) is 24.9 Å². The first-order valence-electron chi connectivity index (χ1n) is 6.84. The van der Waals surface area contributed by atoms with Crippen LogP contribution in [-0.4, -0.2) is 19.6 Å². The van der Waals surface area contributed by atoms with Crippen molar-refractivity contribution in [2.45, 2.75) is 38.1 Å². The van der Waals surface area contributed by atoms with Crippen LogP contribution in [0.1, 0.15) is 26.2 Å². The van der Waals surface area contributed by atoms with Gasteiger partial charge in [0.2, 0.25) is 5.88 Å². The maximum atomic E-state index is 12.3. The van der Waals surface area contributed by atoms with Gasteiger partial charge in [0.15, 0.2) is 0 Å². The lowest BCUT2D eigenvalue weighted by molar-refractivity contribution is 0.407. The van der Waals surface area contributed by atoms with E-state index in [9.17, 15) is 9.90 Å². The molecule has 0 aliphatic rings. The quantitative estimate of drug-likeness (QED) is 0.832. The zero-order valence-corrected chi connectivity index (χ0v) is 12.3. The monoisotopic (exact) mass is 294 g/mol. The molecule has 0 aliphatic heterocycles. The molecule has 0 spiro atoms. The van der Waals surface area contributed by atoms with Crippen molar-refractivity contribution in [2.24, 2.45) is 0 Å². The Balaban J connectivity index is 2.24. The maximum Gasteiger partial charge on any atom is 0.335 e. The molecule has 1 unspecified atom stereocenters. The molecule has 4 nitrogen and oxygen atoms in total. The molecule has 1 aromatic carbocycles. The van der Waals surface area contributed by atoms with Crippen molar-refractivity contribution in [1.82, 2.24) is 9.13 Å². The number of alkyl halides is 1. The third-order valence-corrected chi connectivity index (χ3v) is 3.60. The van der Waals surface area contributed by atoms with Gasteiger partial charge in [-0.3, -0.25) is 9.13 Å². The summed E-state index contributed by atoms with van der Waals surface area (Å²) in [6.07, 6.45) is 4.35. The largest absolute Gasteiger partial charge is 0.493 e. The first-order chi connectivity index (χ1) is 9.63. The van der Waals surface area contributed by atoms with Crippen LogP contribution in [0.2, 0.25) is 0 Å². The van der Waals surface area contributed by atoms with Gasteiger partial charge in [0.25, 0.3) is 0 Å². The molecule has 0 fully saturated rings. The van der Waals surface area contributed by atoms with Crippen LogP contribution in [0.4, 0.5) is 0 Å². The normalized spacial score (nSPS) is 12.5. The molecule has 0 bridgehead atoms. The number of nitrogens with zero attached hydrogens (tertiary/aromatic N) is 2. The molecule has 1 heterocycles. The van der Waals surface area contributed by atoms with Gasteiger partial charge in [-0.1, -0.05) is 38.0 Å². The molecule has 0 saturated heterocycles. The van der Waals surface area contributed by atoms with Gasteiger partial charge in [-0.05, 0) is 18.6 Å². The number of halogens is 1. The summed E-state index contributed by atoms with van der Waals surface area (Å²) >= 11 is 6.21. The second-order valence-electron chi connectivity index (χ2n) is 4.83. The number of unbranched alkanes of at least 4 members (excludes halogenated alkanes) is 1. The van der Waals surface area contributed by atoms with Crippen LogP contribution in [-0.2, 0) is 6.54 Å². The molecule has 1 aromatic heterocycles. The summed E-state index contributed by atoms with van der Waals surface area (Å²) in [5.41, 5.74) is 0.460. The number of para-hydroxylation sites is 1. The van der Waals surface area contributed by atoms with Crippen molar-refractivity contribution < 1.29 is 5.11 Å². The molecule has 5 heteroatoms. The second-order valence-corrected chi connectivity index (χ2v) is 5.44.